The van der Waals surface area contributed by atoms with Gasteiger partial charge in [-0.25, -0.2) is 18.1 Å². The highest BCUT2D eigenvalue weighted by Crippen LogP contribution is 2.38. The minimum Gasteiger partial charge on any atom is -0.485 e. The summed E-state index contributed by atoms with van der Waals surface area (Å²) >= 11 is 0. The van der Waals surface area contributed by atoms with Crippen molar-refractivity contribution in [2.45, 2.75) is 31.8 Å². The Hall–Kier alpha value is -5.15. The number of para-hydroxylation sites is 1. The van der Waals surface area contributed by atoms with Gasteiger partial charge in [0.15, 0.2) is 5.76 Å². The van der Waals surface area contributed by atoms with Crippen molar-refractivity contribution in [2.24, 2.45) is 0 Å². The number of fused-ring (bicyclic) bond motifs is 2. The van der Waals surface area contributed by atoms with E-state index in [-0.39, 0.29) is 22.3 Å². The van der Waals surface area contributed by atoms with Gasteiger partial charge in [-0.05, 0) is 68.3 Å². The van der Waals surface area contributed by atoms with E-state index in [4.69, 9.17) is 19.9 Å². The van der Waals surface area contributed by atoms with Crippen molar-refractivity contribution >= 4 is 43.5 Å². The molecule has 0 aliphatic rings. The van der Waals surface area contributed by atoms with Crippen LogP contribution in [0.2, 0.25) is 0 Å². The van der Waals surface area contributed by atoms with E-state index in [0.29, 0.717) is 33.7 Å². The second-order valence-corrected chi connectivity index (χ2v) is 12.1. The number of pyridine rings is 1. The minimum absolute atomic E-state index is 0.0753. The molecule has 2 heterocycles. The van der Waals surface area contributed by atoms with Crippen molar-refractivity contribution in [3.8, 4) is 17.2 Å². The van der Waals surface area contributed by atoms with Gasteiger partial charge in [-0.3, -0.25) is 4.79 Å². The van der Waals surface area contributed by atoms with Crippen molar-refractivity contribution in [2.75, 3.05) is 5.73 Å². The predicted octanol–water partition coefficient (Wildman–Crippen LogP) is 7.11. The van der Waals surface area contributed by atoms with Crippen molar-refractivity contribution in [3.05, 3.63) is 119 Å². The summed E-state index contributed by atoms with van der Waals surface area (Å²) < 4.78 is 41.4. The SMILES string of the molecule is Cc1c(-c2cc(C(=O)NS(=O)(=O)c3cccc(N)c3)c3c(OC(C)c4ccccc4)ccc(C)c3n2)oc2ccccc12. The first-order valence-electron chi connectivity index (χ1n) is 13.7. The highest BCUT2D eigenvalue weighted by Gasteiger charge is 2.26. The number of sulfonamides is 1. The Morgan fingerprint density at radius 1 is 0.930 bits per heavy atom. The van der Waals surface area contributed by atoms with E-state index in [1.54, 1.807) is 18.2 Å². The molecule has 8 nitrogen and oxygen atoms in total. The molecular formula is C34H29N3O5S. The second kappa shape index (κ2) is 10.9. The summed E-state index contributed by atoms with van der Waals surface area (Å²) in [5, 5.41) is 1.31. The number of carbonyl (C=O) groups is 1. The molecule has 0 bridgehead atoms. The lowest BCUT2D eigenvalue weighted by molar-refractivity contribution is 0.0982. The van der Waals surface area contributed by atoms with Crippen LogP contribution in [0, 0.1) is 13.8 Å². The van der Waals surface area contributed by atoms with E-state index in [0.717, 1.165) is 22.1 Å². The third-order valence-corrected chi connectivity index (χ3v) is 8.74. The molecule has 0 radical (unpaired) electrons. The first-order valence-corrected chi connectivity index (χ1v) is 15.2. The Kier molecular flexibility index (Phi) is 7.11. The molecule has 6 rings (SSSR count). The lowest BCUT2D eigenvalue weighted by Crippen LogP contribution is -2.31. The zero-order chi connectivity index (χ0) is 30.3. The van der Waals surface area contributed by atoms with Crippen LogP contribution in [-0.4, -0.2) is 19.3 Å². The summed E-state index contributed by atoms with van der Waals surface area (Å²) in [6, 6.07) is 28.2. The average molecular weight is 592 g/mol. The van der Waals surface area contributed by atoms with Crippen LogP contribution in [0.3, 0.4) is 0 Å². The Morgan fingerprint density at radius 3 is 2.42 bits per heavy atom. The molecule has 1 atom stereocenters. The zero-order valence-electron chi connectivity index (χ0n) is 23.8. The monoisotopic (exact) mass is 591 g/mol. The predicted molar refractivity (Wildman–Crippen MR) is 167 cm³/mol. The zero-order valence-corrected chi connectivity index (χ0v) is 24.6. The van der Waals surface area contributed by atoms with Crippen LogP contribution in [0.4, 0.5) is 5.69 Å². The van der Waals surface area contributed by atoms with Gasteiger partial charge >= 0.3 is 0 Å². The summed E-state index contributed by atoms with van der Waals surface area (Å²) in [4.78, 5) is 18.8. The lowest BCUT2D eigenvalue weighted by Gasteiger charge is -2.19. The van der Waals surface area contributed by atoms with Gasteiger partial charge in [-0.15, -0.1) is 0 Å². The number of hydrogen-bond acceptors (Lipinski definition) is 7. The molecule has 1 amide bonds. The van der Waals surface area contributed by atoms with Crippen LogP contribution in [0.5, 0.6) is 5.75 Å². The van der Waals surface area contributed by atoms with Gasteiger partial charge in [0.05, 0.1) is 21.4 Å². The number of nitrogen functional groups attached to an aromatic ring is 1. The third-order valence-electron chi connectivity index (χ3n) is 7.41. The van der Waals surface area contributed by atoms with E-state index in [9.17, 15) is 13.2 Å². The van der Waals surface area contributed by atoms with Crippen LogP contribution in [0.1, 0.15) is 40.1 Å². The molecule has 2 aromatic heterocycles. The van der Waals surface area contributed by atoms with E-state index in [2.05, 4.69) is 4.72 Å². The number of furan rings is 1. The van der Waals surface area contributed by atoms with Gasteiger partial charge in [0.2, 0.25) is 0 Å². The van der Waals surface area contributed by atoms with Crippen molar-refractivity contribution in [1.82, 2.24) is 9.71 Å². The Bertz CT molecular complexity index is 2120. The first kappa shape index (κ1) is 28.0. The number of nitrogens with one attached hydrogen (secondary N) is 1. The molecule has 43 heavy (non-hydrogen) atoms. The summed E-state index contributed by atoms with van der Waals surface area (Å²) in [5.74, 6) is 0.0377. The van der Waals surface area contributed by atoms with Gasteiger partial charge in [-0.1, -0.05) is 60.7 Å². The number of aromatic nitrogens is 1. The molecule has 0 fully saturated rings. The second-order valence-electron chi connectivity index (χ2n) is 10.4. The maximum atomic E-state index is 14.0. The molecule has 216 valence electrons. The number of amides is 1. The number of nitrogens with zero attached hydrogens (tertiary/aromatic N) is 1. The number of aryl methyl sites for hydroxylation is 2. The maximum Gasteiger partial charge on any atom is 0.265 e. The maximum absolute atomic E-state index is 14.0. The number of rotatable bonds is 7. The Labute approximate surface area is 249 Å². The molecule has 9 heteroatoms. The van der Waals surface area contributed by atoms with Gasteiger partial charge in [0.1, 0.15) is 23.1 Å². The Balaban J connectivity index is 1.54. The first-order chi connectivity index (χ1) is 20.6. The van der Waals surface area contributed by atoms with Crippen molar-refractivity contribution in [3.63, 3.8) is 0 Å². The number of carbonyl (C=O) groups excluding carboxylic acids is 1. The Morgan fingerprint density at radius 2 is 1.67 bits per heavy atom. The third kappa shape index (κ3) is 5.30. The van der Waals surface area contributed by atoms with Crippen LogP contribution < -0.4 is 15.2 Å². The molecular weight excluding hydrogens is 562 g/mol. The molecule has 0 aliphatic carbocycles. The molecule has 4 aromatic carbocycles. The normalized spacial score (nSPS) is 12.3. The smallest absolute Gasteiger partial charge is 0.265 e. The van der Waals surface area contributed by atoms with Gasteiger partial charge in [-0.2, -0.15) is 0 Å². The molecule has 3 N–H and O–H groups in total. The number of ether oxygens (including phenoxy) is 1. The van der Waals surface area contributed by atoms with E-state index >= 15 is 0 Å². The fourth-order valence-corrected chi connectivity index (χ4v) is 6.18. The van der Waals surface area contributed by atoms with Crippen molar-refractivity contribution in [1.29, 1.82) is 0 Å². The molecule has 0 aliphatic heterocycles. The fraction of sp³-hybridized carbons (Fsp3) is 0.118. The molecule has 0 spiro atoms. The minimum atomic E-state index is -4.26. The number of nitrogens with two attached hydrogens (primary N) is 1. The van der Waals surface area contributed by atoms with Crippen molar-refractivity contribution < 1.29 is 22.4 Å². The summed E-state index contributed by atoms with van der Waals surface area (Å²) in [7, 11) is -4.26. The van der Waals surface area contributed by atoms with Crippen LogP contribution in [-0.2, 0) is 10.0 Å². The quantitative estimate of drug-likeness (QED) is 0.190. The summed E-state index contributed by atoms with van der Waals surface area (Å²) in [6.45, 7) is 5.70. The molecule has 0 saturated carbocycles. The highest BCUT2D eigenvalue weighted by atomic mass is 32.2. The average Bonchev–Trinajstić information content (AvgIpc) is 3.34. The summed E-state index contributed by atoms with van der Waals surface area (Å²) in [5.41, 5.74) is 10.3. The number of benzene rings is 4. The van der Waals surface area contributed by atoms with E-state index < -0.39 is 15.9 Å². The van der Waals surface area contributed by atoms with Gasteiger partial charge < -0.3 is 14.9 Å². The number of hydrogen-bond donors (Lipinski definition) is 2. The standard InChI is InChI=1S/C34H29N3O5S/c1-20-16-17-30(41-22(3)23-10-5-4-6-11-23)31-27(34(38)37-43(39,40)25-13-9-12-24(35)18-25)19-28(36-32(20)31)33-21(2)26-14-7-8-15-29(26)42-33/h4-19,22H,35H2,1-3H3,(H,37,38). The van der Waals surface area contributed by atoms with Crippen LogP contribution in [0.25, 0.3) is 33.3 Å². The van der Waals surface area contributed by atoms with E-state index in [1.807, 2.05) is 81.4 Å². The van der Waals surface area contributed by atoms with Gasteiger partial charge in [0, 0.05) is 16.6 Å². The molecule has 6 aromatic rings. The summed E-state index contributed by atoms with van der Waals surface area (Å²) in [6.07, 6.45) is -0.365. The van der Waals surface area contributed by atoms with Gasteiger partial charge in [0.25, 0.3) is 15.9 Å². The number of anilines is 1. The topological polar surface area (TPSA) is 125 Å². The molecule has 0 saturated heterocycles. The van der Waals surface area contributed by atoms with Crippen LogP contribution in [0.15, 0.2) is 106 Å². The largest absolute Gasteiger partial charge is 0.485 e. The van der Waals surface area contributed by atoms with Crippen LogP contribution >= 0.6 is 0 Å². The van der Waals surface area contributed by atoms with E-state index in [1.165, 1.54) is 18.2 Å². The lowest BCUT2D eigenvalue weighted by atomic mass is 10.0. The molecule has 1 unspecified atom stereocenters. The fourth-order valence-electron chi connectivity index (χ4n) is 5.16. The highest BCUT2D eigenvalue weighted by molar-refractivity contribution is 7.90.